The van der Waals surface area contributed by atoms with E-state index in [-0.39, 0.29) is 77.7 Å². The molecule has 402 valence electrons. The van der Waals surface area contributed by atoms with Crippen LogP contribution in [0, 0.1) is 0 Å². The molecule has 0 saturated carbocycles. The first-order chi connectivity index (χ1) is 35.8. The second-order valence-corrected chi connectivity index (χ2v) is 18.9. The number of halogens is 3. The van der Waals surface area contributed by atoms with Gasteiger partial charge in [0.25, 0.3) is 0 Å². The quantitative estimate of drug-likeness (QED) is 0.0458. The van der Waals surface area contributed by atoms with Crippen LogP contribution in [-0.4, -0.2) is 130 Å². The van der Waals surface area contributed by atoms with Gasteiger partial charge in [0.2, 0.25) is 6.29 Å². The summed E-state index contributed by atoms with van der Waals surface area (Å²) < 4.78 is 29.2. The summed E-state index contributed by atoms with van der Waals surface area (Å²) in [7, 11) is 5.95. The number of pyridine rings is 3. The number of aliphatic hydroxyl groups is 7. The number of H-pyrrole nitrogens is 2. The highest BCUT2D eigenvalue weighted by Crippen LogP contribution is 2.39. The monoisotopic (exact) mass is 1380 g/mol. The summed E-state index contributed by atoms with van der Waals surface area (Å²) in [6.07, 6.45) is 4.39. The van der Waals surface area contributed by atoms with Gasteiger partial charge in [-0.15, -0.1) is 0 Å². The third-order valence-electron chi connectivity index (χ3n) is 13.9. The Kier molecular flexibility index (Phi) is 18.4. The lowest BCUT2D eigenvalue weighted by molar-refractivity contribution is -0.671. The smallest absolute Gasteiger partial charge is 0.229 e. The molecule has 0 spiro atoms. The molecule has 2 saturated heterocycles. The van der Waals surface area contributed by atoms with Crippen molar-refractivity contribution in [1.29, 1.82) is 0 Å². The molecular weight excluding hydrogens is 1330 g/mol. The van der Waals surface area contributed by atoms with Gasteiger partial charge in [0, 0.05) is 80.7 Å². The molecule has 0 unspecified atom stereocenters. The Labute approximate surface area is 493 Å². The highest BCUT2D eigenvalue weighted by Gasteiger charge is 2.51. The number of nitrogens with one attached hydrogen (secondary N) is 2. The van der Waals surface area contributed by atoms with Gasteiger partial charge >= 0.3 is 0 Å². The number of aromatic amines is 2. The first-order valence-electron chi connectivity index (χ1n) is 24.2. The molecule has 10 heterocycles. The van der Waals surface area contributed by atoms with E-state index in [9.17, 15) is 35.7 Å². The zero-order valence-corrected chi connectivity index (χ0v) is 48.2. The molecule has 2 fully saturated rings. The van der Waals surface area contributed by atoms with E-state index in [2.05, 4.69) is 70.7 Å². The minimum atomic E-state index is -1.79. The van der Waals surface area contributed by atoms with Crippen molar-refractivity contribution in [3.05, 3.63) is 145 Å². The second-order valence-electron chi connectivity index (χ2n) is 18.9. The SMILES string of the molecule is C[n+]1ccc(-c2c3nc(c(-c4cc[n+](C)cc4)c4ccc([nH]4)c(-c4ccc(O[C@@H]5O[C@H](CO)[C@@H](O[C@H]6O[C@H](CO)[C@@H](O)[C@H](O)[C@H]6O)[C@H](O)[C@H]5O)cc4)c4ccc([nH]4)c(-c4cc[n+](C)cc4)c4nc2C=C4)C=C3)cc1.[I-].[I-].[I-]. The standard InChI is InChI=1S/C56H55N7O11.3HI/c1-61-22-16-31(17-23-61)46-37-10-8-35(57-37)45(30-4-6-34(7-5-30)71-55-53(70)51(68)54(44(29-65)73-55)74-56-52(69)50(67)49(66)43(28-64)72-56)36-9-11-38(58-36)47(32-18-24-62(2)25-19-32)40-13-15-42(60-40)48(41-14-12-39(46)59-41)33-20-26-63(3)27-21-33;;;/h4-27,43-44,49-56,64-70H,28-29H2,1-3H3,(H,57,58,59,60);3*1H/q+2;;;/p-2/t43-,44-,49-,50+,51-,52-,53-,54-,55-,56-;;;/m1.../s1. The van der Waals surface area contributed by atoms with Gasteiger partial charge < -0.3 is 137 Å². The topological polar surface area (TPSA) is 248 Å². The Morgan fingerprint density at radius 1 is 0.442 bits per heavy atom. The Hall–Kier alpha value is -5.14. The fourth-order valence-corrected chi connectivity index (χ4v) is 9.91. The van der Waals surface area contributed by atoms with E-state index >= 15 is 0 Å². The lowest BCUT2D eigenvalue weighted by atomic mass is 9.97. The zero-order valence-electron chi connectivity index (χ0n) is 41.7. The number of hydrogen-bond donors (Lipinski definition) is 9. The molecule has 6 aromatic heterocycles. The number of nitrogens with zero attached hydrogens (tertiary/aromatic N) is 5. The fraction of sp³-hybridized carbons (Fsp3) is 0.268. The van der Waals surface area contributed by atoms with Crippen LogP contribution in [0.2, 0.25) is 0 Å². The number of ether oxygens (including phenoxy) is 4. The largest absolute Gasteiger partial charge is 1.00 e. The molecule has 21 heteroatoms. The van der Waals surface area contributed by atoms with Crippen molar-refractivity contribution in [3.63, 3.8) is 0 Å². The molecule has 0 radical (unpaired) electrons. The second kappa shape index (κ2) is 24.5. The lowest BCUT2D eigenvalue weighted by Crippen LogP contribution is -3.00. The van der Waals surface area contributed by atoms with Crippen molar-refractivity contribution < 1.29 is 140 Å². The maximum absolute atomic E-state index is 11.3. The van der Waals surface area contributed by atoms with Crippen LogP contribution in [0.3, 0.4) is 0 Å². The maximum atomic E-state index is 11.3. The molecular formula is C56H56I3N7O11. The van der Waals surface area contributed by atoms with Crippen molar-refractivity contribution in [1.82, 2.24) is 19.9 Å². The van der Waals surface area contributed by atoms with Gasteiger partial charge in [-0.25, -0.2) is 23.7 Å². The van der Waals surface area contributed by atoms with Crippen molar-refractivity contribution in [2.45, 2.75) is 61.4 Å². The van der Waals surface area contributed by atoms with Gasteiger partial charge in [0.1, 0.15) is 75.7 Å². The van der Waals surface area contributed by atoms with Gasteiger partial charge in [-0.1, -0.05) is 12.1 Å². The summed E-state index contributed by atoms with van der Waals surface area (Å²) in [5, 5.41) is 73.7. The zero-order chi connectivity index (χ0) is 51.4. The minimum absolute atomic E-state index is 0. The number of aryl methyl sites for hydroxylation is 3. The Bertz CT molecular complexity index is 3310. The summed E-state index contributed by atoms with van der Waals surface area (Å²) in [5.74, 6) is 0.264. The van der Waals surface area contributed by atoms with Gasteiger partial charge in [0.05, 0.1) is 36.0 Å². The molecule has 4 aliphatic rings. The van der Waals surface area contributed by atoms with Crippen LogP contribution < -0.4 is 90.4 Å². The predicted octanol–water partition coefficient (Wildman–Crippen LogP) is -6.19. The van der Waals surface area contributed by atoms with Gasteiger partial charge in [-0.2, -0.15) is 0 Å². The van der Waals surface area contributed by atoms with Crippen LogP contribution in [0.25, 0.3) is 90.9 Å². The summed E-state index contributed by atoms with van der Waals surface area (Å²) in [5.41, 5.74) is 13.5. The van der Waals surface area contributed by atoms with Crippen LogP contribution in [0.5, 0.6) is 5.75 Å². The van der Waals surface area contributed by atoms with E-state index < -0.39 is 74.6 Å². The third-order valence-corrected chi connectivity index (χ3v) is 13.9. The molecule has 11 rings (SSSR count). The number of fused-ring (bicyclic) bond motifs is 8. The summed E-state index contributed by atoms with van der Waals surface area (Å²) >= 11 is 0. The van der Waals surface area contributed by atoms with Gasteiger partial charge in [0.15, 0.2) is 43.5 Å². The number of aromatic nitrogens is 7. The number of hydrogen-bond acceptors (Lipinski definition) is 13. The van der Waals surface area contributed by atoms with Crippen molar-refractivity contribution in [2.24, 2.45) is 21.1 Å². The minimum Gasteiger partial charge on any atom is -1.00 e. The lowest BCUT2D eigenvalue weighted by Gasteiger charge is -2.45. The van der Waals surface area contributed by atoms with Crippen LogP contribution in [-0.2, 0) is 35.4 Å². The number of aliphatic hydroxyl groups excluding tert-OH is 7. The van der Waals surface area contributed by atoms with E-state index in [1.54, 1.807) is 12.1 Å². The van der Waals surface area contributed by atoms with Crippen molar-refractivity contribution in [3.8, 4) is 50.3 Å². The highest BCUT2D eigenvalue weighted by atomic mass is 127. The summed E-state index contributed by atoms with van der Waals surface area (Å²) in [6.45, 7) is -1.41. The highest BCUT2D eigenvalue weighted by molar-refractivity contribution is 6.00. The van der Waals surface area contributed by atoms with Crippen LogP contribution in [0.15, 0.2) is 122 Å². The number of rotatable bonds is 10. The Balaban J connectivity index is 0.00000261. The molecule has 0 amide bonds. The molecule has 0 aliphatic carbocycles. The average molecular weight is 1380 g/mol. The third kappa shape index (κ3) is 11.5. The fourth-order valence-electron chi connectivity index (χ4n) is 9.91. The van der Waals surface area contributed by atoms with E-state index in [1.807, 2.05) is 108 Å². The molecule has 8 bridgehead atoms. The molecule has 7 aromatic rings. The molecule has 77 heavy (non-hydrogen) atoms. The molecule has 10 atom stereocenters. The summed E-state index contributed by atoms with van der Waals surface area (Å²) in [4.78, 5) is 18.3. The number of benzene rings is 1. The van der Waals surface area contributed by atoms with E-state index in [0.717, 1.165) is 89.4 Å². The Morgan fingerprint density at radius 3 is 1.26 bits per heavy atom. The van der Waals surface area contributed by atoms with Crippen LogP contribution >= 0.6 is 0 Å². The summed E-state index contributed by atoms with van der Waals surface area (Å²) in [6, 6.07) is 27.8. The van der Waals surface area contributed by atoms with Gasteiger partial charge in [-0.3, -0.25) is 0 Å². The molecule has 9 N–H and O–H groups in total. The Morgan fingerprint density at radius 2 is 0.818 bits per heavy atom. The van der Waals surface area contributed by atoms with E-state index in [1.165, 1.54) is 0 Å². The van der Waals surface area contributed by atoms with Crippen LogP contribution in [0.1, 0.15) is 22.8 Å². The average Bonchev–Trinajstić information content (AvgIpc) is 4.29. The van der Waals surface area contributed by atoms with E-state index in [0.29, 0.717) is 0 Å². The first-order valence-corrected chi connectivity index (χ1v) is 24.2. The normalized spacial score (nSPS) is 23.6. The van der Waals surface area contributed by atoms with Gasteiger partial charge in [-0.05, 0) is 83.0 Å². The molecule has 1 aromatic carbocycles. The van der Waals surface area contributed by atoms with E-state index in [4.69, 9.17) is 28.9 Å². The maximum Gasteiger partial charge on any atom is 0.229 e. The first kappa shape index (κ1) is 58.0. The van der Waals surface area contributed by atoms with Crippen molar-refractivity contribution >= 4 is 46.4 Å². The van der Waals surface area contributed by atoms with Crippen LogP contribution in [0.4, 0.5) is 0 Å². The molecule has 4 aliphatic heterocycles. The molecule has 18 nitrogen and oxygen atoms in total. The van der Waals surface area contributed by atoms with Crippen molar-refractivity contribution in [2.75, 3.05) is 13.2 Å². The predicted molar refractivity (Wildman–Crippen MR) is 271 cm³/mol.